The number of halogens is 1. The summed E-state index contributed by atoms with van der Waals surface area (Å²) in [6.45, 7) is 1.89. The molecule has 3 N–H and O–H groups in total. The van der Waals surface area contributed by atoms with E-state index in [1.54, 1.807) is 42.5 Å². The molecule has 0 aliphatic rings. The van der Waals surface area contributed by atoms with Crippen LogP contribution in [0.2, 0.25) is 0 Å². The van der Waals surface area contributed by atoms with Gasteiger partial charge < -0.3 is 5.73 Å². The average Bonchev–Trinajstić information content (AvgIpc) is 2.45. The summed E-state index contributed by atoms with van der Waals surface area (Å²) in [5.74, 6) is -0.414. The number of amides is 3. The molecule has 0 spiro atoms. The number of nitrogens with two attached hydrogens (primary N) is 1. The van der Waals surface area contributed by atoms with Crippen LogP contribution in [0.5, 0.6) is 0 Å². The quantitative estimate of drug-likeness (QED) is 0.819. The number of primary amides is 1. The monoisotopic (exact) mass is 347 g/mol. The third kappa shape index (κ3) is 3.82. The number of nitrogens with zero attached hydrogens (tertiary/aromatic N) is 1. The molecule has 2 aromatic carbocycles. The summed E-state index contributed by atoms with van der Waals surface area (Å²) in [5.41, 5.74) is 9.72. The molecule has 0 unspecified atom stereocenters. The first kappa shape index (κ1) is 15.1. The molecule has 0 saturated heterocycles. The van der Waals surface area contributed by atoms with E-state index in [0.29, 0.717) is 11.3 Å². The lowest BCUT2D eigenvalue weighted by Crippen LogP contribution is -2.49. The summed E-state index contributed by atoms with van der Waals surface area (Å²) in [7, 11) is 0. The molecule has 108 valence electrons. The van der Waals surface area contributed by atoms with Gasteiger partial charge in [0.05, 0.1) is 5.69 Å². The largest absolute Gasteiger partial charge is 0.350 e. The van der Waals surface area contributed by atoms with Crippen molar-refractivity contribution in [3.05, 3.63) is 64.1 Å². The number of hydrogen-bond acceptors (Lipinski definition) is 2. The lowest BCUT2D eigenvalue weighted by molar-refractivity contribution is 0.0951. The molecule has 3 amide bonds. The maximum absolute atomic E-state index is 12.2. The van der Waals surface area contributed by atoms with Gasteiger partial charge in [0.2, 0.25) is 0 Å². The normalized spacial score (nSPS) is 10.0. The number of benzene rings is 2. The van der Waals surface area contributed by atoms with Crippen LogP contribution in [-0.2, 0) is 0 Å². The maximum atomic E-state index is 12.2. The van der Waals surface area contributed by atoms with Crippen molar-refractivity contribution in [2.24, 2.45) is 5.73 Å². The van der Waals surface area contributed by atoms with Crippen LogP contribution in [0.1, 0.15) is 15.9 Å². The van der Waals surface area contributed by atoms with Crippen molar-refractivity contribution in [3.8, 4) is 0 Å². The van der Waals surface area contributed by atoms with Gasteiger partial charge in [-0.05, 0) is 48.9 Å². The highest BCUT2D eigenvalue weighted by Gasteiger charge is 2.16. The number of anilines is 1. The Bertz CT molecular complexity index is 671. The SMILES string of the molecule is Cc1cccc(N(NC(=O)c2ccc(Br)cc2)C(N)=O)c1. The fraction of sp³-hybridized carbons (Fsp3) is 0.0667. The first-order valence-electron chi connectivity index (χ1n) is 6.20. The Morgan fingerprint density at radius 2 is 1.81 bits per heavy atom. The zero-order valence-electron chi connectivity index (χ0n) is 11.3. The van der Waals surface area contributed by atoms with Gasteiger partial charge in [-0.25, -0.2) is 9.80 Å². The highest BCUT2D eigenvalue weighted by atomic mass is 79.9. The molecule has 6 heteroatoms. The van der Waals surface area contributed by atoms with Crippen LogP contribution >= 0.6 is 15.9 Å². The van der Waals surface area contributed by atoms with E-state index in [9.17, 15) is 9.59 Å². The van der Waals surface area contributed by atoms with E-state index in [1.807, 2.05) is 13.0 Å². The van der Waals surface area contributed by atoms with Crippen LogP contribution in [-0.4, -0.2) is 11.9 Å². The number of carbonyl (C=O) groups excluding carboxylic acids is 2. The minimum absolute atomic E-state index is 0.414. The van der Waals surface area contributed by atoms with Gasteiger partial charge in [0.25, 0.3) is 5.91 Å². The molecule has 0 heterocycles. The number of urea groups is 1. The molecule has 0 radical (unpaired) electrons. The molecule has 0 atom stereocenters. The molecule has 5 nitrogen and oxygen atoms in total. The van der Waals surface area contributed by atoms with Crippen molar-refractivity contribution in [2.45, 2.75) is 6.92 Å². The van der Waals surface area contributed by atoms with Crippen molar-refractivity contribution < 1.29 is 9.59 Å². The Hall–Kier alpha value is -2.34. The van der Waals surface area contributed by atoms with Crippen molar-refractivity contribution in [2.75, 3.05) is 5.01 Å². The van der Waals surface area contributed by atoms with Crippen molar-refractivity contribution in [3.63, 3.8) is 0 Å². The molecule has 0 aliphatic heterocycles. The molecule has 2 aromatic rings. The summed E-state index contributed by atoms with van der Waals surface area (Å²) in [6.07, 6.45) is 0. The Labute approximate surface area is 130 Å². The summed E-state index contributed by atoms with van der Waals surface area (Å²) in [6, 6.07) is 13.2. The van der Waals surface area contributed by atoms with E-state index in [0.717, 1.165) is 15.0 Å². The van der Waals surface area contributed by atoms with Gasteiger partial charge in [0, 0.05) is 10.0 Å². The fourth-order valence-electron chi connectivity index (χ4n) is 1.78. The average molecular weight is 348 g/mol. The van der Waals surface area contributed by atoms with E-state index in [-0.39, 0.29) is 0 Å². The zero-order chi connectivity index (χ0) is 15.4. The first-order valence-corrected chi connectivity index (χ1v) is 6.99. The minimum atomic E-state index is -0.758. The van der Waals surface area contributed by atoms with E-state index in [1.165, 1.54) is 0 Å². The molecular formula is C15H14BrN3O2. The van der Waals surface area contributed by atoms with Crippen molar-refractivity contribution >= 4 is 33.6 Å². The van der Waals surface area contributed by atoms with E-state index in [2.05, 4.69) is 21.4 Å². The Balaban J connectivity index is 2.22. The fourth-order valence-corrected chi connectivity index (χ4v) is 2.05. The Kier molecular flexibility index (Phi) is 4.59. The van der Waals surface area contributed by atoms with Crippen molar-refractivity contribution in [1.29, 1.82) is 0 Å². The zero-order valence-corrected chi connectivity index (χ0v) is 12.9. The van der Waals surface area contributed by atoms with Crippen LogP contribution in [0.25, 0.3) is 0 Å². The maximum Gasteiger partial charge on any atom is 0.338 e. The lowest BCUT2D eigenvalue weighted by atomic mass is 10.2. The third-order valence-corrected chi connectivity index (χ3v) is 3.33. The van der Waals surface area contributed by atoms with Gasteiger partial charge in [-0.2, -0.15) is 0 Å². The lowest BCUT2D eigenvalue weighted by Gasteiger charge is -2.21. The summed E-state index contributed by atoms with van der Waals surface area (Å²) >= 11 is 3.30. The topological polar surface area (TPSA) is 75.4 Å². The molecular weight excluding hydrogens is 334 g/mol. The predicted molar refractivity (Wildman–Crippen MR) is 84.8 cm³/mol. The van der Waals surface area contributed by atoms with E-state index >= 15 is 0 Å². The predicted octanol–water partition coefficient (Wildman–Crippen LogP) is 2.99. The van der Waals surface area contributed by atoms with Crippen LogP contribution in [0.3, 0.4) is 0 Å². The number of rotatable bonds is 2. The number of hydrazine groups is 1. The summed E-state index contributed by atoms with van der Waals surface area (Å²) < 4.78 is 0.865. The smallest absolute Gasteiger partial charge is 0.338 e. The van der Waals surface area contributed by atoms with Crippen molar-refractivity contribution in [1.82, 2.24) is 5.43 Å². The van der Waals surface area contributed by atoms with Gasteiger partial charge in [-0.1, -0.05) is 28.1 Å². The third-order valence-electron chi connectivity index (χ3n) is 2.80. The van der Waals surface area contributed by atoms with Gasteiger partial charge in [0.15, 0.2) is 0 Å². The second-order valence-electron chi connectivity index (χ2n) is 4.46. The van der Waals surface area contributed by atoms with Crippen LogP contribution < -0.4 is 16.2 Å². The van der Waals surface area contributed by atoms with E-state index in [4.69, 9.17) is 5.73 Å². The van der Waals surface area contributed by atoms with Gasteiger partial charge in [-0.15, -0.1) is 0 Å². The molecule has 0 bridgehead atoms. The van der Waals surface area contributed by atoms with Gasteiger partial charge in [-0.3, -0.25) is 10.2 Å². The second-order valence-corrected chi connectivity index (χ2v) is 5.38. The standard InChI is InChI=1S/C15H14BrN3O2/c1-10-3-2-4-13(9-10)19(15(17)21)18-14(20)11-5-7-12(16)8-6-11/h2-9H,1H3,(H2,17,21)(H,18,20). The second kappa shape index (κ2) is 6.41. The van der Waals surface area contributed by atoms with Crippen LogP contribution in [0.15, 0.2) is 53.0 Å². The van der Waals surface area contributed by atoms with Crippen LogP contribution in [0.4, 0.5) is 10.5 Å². The molecule has 0 aliphatic carbocycles. The number of hydrogen-bond donors (Lipinski definition) is 2. The highest BCUT2D eigenvalue weighted by molar-refractivity contribution is 9.10. The number of carbonyl (C=O) groups is 2. The molecule has 0 fully saturated rings. The summed E-state index contributed by atoms with van der Waals surface area (Å²) in [5, 5.41) is 1.03. The highest BCUT2D eigenvalue weighted by Crippen LogP contribution is 2.15. The molecule has 21 heavy (non-hydrogen) atoms. The molecule has 2 rings (SSSR count). The van der Waals surface area contributed by atoms with E-state index < -0.39 is 11.9 Å². The van der Waals surface area contributed by atoms with Gasteiger partial charge in [0.1, 0.15) is 0 Å². The number of nitrogens with one attached hydrogen (secondary N) is 1. The summed E-state index contributed by atoms with van der Waals surface area (Å²) in [4.78, 5) is 23.7. The molecule has 0 saturated carbocycles. The van der Waals surface area contributed by atoms with Gasteiger partial charge >= 0.3 is 6.03 Å². The molecule has 0 aromatic heterocycles. The minimum Gasteiger partial charge on any atom is -0.350 e. The Morgan fingerprint density at radius 3 is 2.38 bits per heavy atom. The number of aryl methyl sites for hydroxylation is 1. The first-order chi connectivity index (χ1) is 9.97. The Morgan fingerprint density at radius 1 is 1.14 bits per heavy atom. The van der Waals surface area contributed by atoms with Crippen LogP contribution in [0, 0.1) is 6.92 Å².